The van der Waals surface area contributed by atoms with Gasteiger partial charge in [-0.15, -0.1) is 6.58 Å². The number of urea groups is 1. The largest absolute Gasteiger partial charge is 0.454 e. The third-order valence-electron chi connectivity index (χ3n) is 4.31. The highest BCUT2D eigenvalue weighted by atomic mass is 16.5. The topological polar surface area (TPSA) is 66.0 Å². The Morgan fingerprint density at radius 1 is 1.26 bits per heavy atom. The van der Waals surface area contributed by atoms with Crippen molar-refractivity contribution < 1.29 is 9.53 Å². The molecule has 0 aliphatic carbocycles. The van der Waals surface area contributed by atoms with Gasteiger partial charge >= 0.3 is 6.03 Å². The lowest BCUT2D eigenvalue weighted by Gasteiger charge is -2.26. The molecule has 2 aromatic carbocycles. The molecule has 140 valence electrons. The van der Waals surface area contributed by atoms with Crippen LogP contribution in [0, 0.1) is 0 Å². The minimum atomic E-state index is -0.289. The minimum Gasteiger partial charge on any atom is -0.454 e. The molecule has 0 spiro atoms. The van der Waals surface area contributed by atoms with Crippen molar-refractivity contribution in [2.45, 2.75) is 19.9 Å². The van der Waals surface area contributed by atoms with E-state index in [1.54, 1.807) is 6.08 Å². The molecule has 1 aliphatic heterocycles. The Labute approximate surface area is 159 Å². The summed E-state index contributed by atoms with van der Waals surface area (Å²) in [4.78, 5) is 18.9. The van der Waals surface area contributed by atoms with Gasteiger partial charge < -0.3 is 20.3 Å². The maximum Gasteiger partial charge on any atom is 0.319 e. The Morgan fingerprint density at radius 2 is 2.04 bits per heavy atom. The van der Waals surface area contributed by atoms with Crippen molar-refractivity contribution in [3.05, 3.63) is 60.7 Å². The molecule has 1 aliphatic rings. The predicted molar refractivity (Wildman–Crippen MR) is 109 cm³/mol. The van der Waals surface area contributed by atoms with Gasteiger partial charge in [-0.1, -0.05) is 18.2 Å². The van der Waals surface area contributed by atoms with E-state index >= 15 is 0 Å². The first-order valence-corrected chi connectivity index (χ1v) is 8.88. The van der Waals surface area contributed by atoms with Crippen molar-refractivity contribution >= 4 is 23.2 Å². The fourth-order valence-corrected chi connectivity index (χ4v) is 2.65. The summed E-state index contributed by atoms with van der Waals surface area (Å²) in [6.45, 7) is 8.20. The van der Waals surface area contributed by atoms with Crippen molar-refractivity contribution in [3.63, 3.8) is 0 Å². The van der Waals surface area contributed by atoms with Crippen molar-refractivity contribution in [2.24, 2.45) is 4.99 Å². The highest BCUT2D eigenvalue weighted by molar-refractivity contribution is 6.05. The summed E-state index contributed by atoms with van der Waals surface area (Å²) < 4.78 is 6.10. The number of benzene rings is 2. The molecule has 6 nitrogen and oxygen atoms in total. The molecule has 2 aromatic rings. The highest BCUT2D eigenvalue weighted by Crippen LogP contribution is 2.38. The Balaban J connectivity index is 2.02. The van der Waals surface area contributed by atoms with Gasteiger partial charge in [0.25, 0.3) is 0 Å². The number of nitrogens with zero attached hydrogens (tertiary/aromatic N) is 2. The number of nitrogens with one attached hydrogen (secondary N) is 2. The molecule has 0 atom stereocenters. The molecule has 0 fully saturated rings. The average Bonchev–Trinajstić information content (AvgIpc) is 2.82. The Hall–Kier alpha value is -3.28. The quantitative estimate of drug-likeness (QED) is 0.784. The summed E-state index contributed by atoms with van der Waals surface area (Å²) in [5.74, 6) is 2.19. The molecule has 0 saturated carbocycles. The molecular weight excluding hydrogens is 340 g/mol. The number of hydrogen-bond acceptors (Lipinski definition) is 4. The van der Waals surface area contributed by atoms with Crippen LogP contribution in [0.1, 0.15) is 19.4 Å². The average molecular weight is 364 g/mol. The lowest BCUT2D eigenvalue weighted by molar-refractivity contribution is 0.253. The molecule has 0 bridgehead atoms. The number of amides is 2. The second-order valence-electron chi connectivity index (χ2n) is 6.54. The van der Waals surface area contributed by atoms with Crippen molar-refractivity contribution in [1.29, 1.82) is 0 Å². The zero-order valence-electron chi connectivity index (χ0n) is 15.8. The van der Waals surface area contributed by atoms with E-state index in [-0.39, 0.29) is 12.1 Å². The standard InChI is InChI=1S/C21H24N4O2/c1-5-12-22-21(26)23-15-10-11-18-16(13-15)20(25(4)14(2)3)24-17-8-6-7-9-19(17)27-18/h5-11,13-14H,1,12H2,2-4H3,(H2,22,23,26). The number of carbonyl (C=O) groups is 1. The first kappa shape index (κ1) is 18.5. The van der Waals surface area contributed by atoms with Gasteiger partial charge in [-0.2, -0.15) is 0 Å². The number of amidine groups is 1. The maximum absolute atomic E-state index is 12.0. The molecule has 2 N–H and O–H groups in total. The number of anilines is 1. The summed E-state index contributed by atoms with van der Waals surface area (Å²) >= 11 is 0. The van der Waals surface area contributed by atoms with Crippen molar-refractivity contribution in [3.8, 4) is 11.5 Å². The zero-order valence-corrected chi connectivity index (χ0v) is 15.8. The first-order chi connectivity index (χ1) is 13.0. The summed E-state index contributed by atoms with van der Waals surface area (Å²) in [5, 5.41) is 5.53. The summed E-state index contributed by atoms with van der Waals surface area (Å²) in [6.07, 6.45) is 1.63. The normalized spacial score (nSPS) is 12.1. The monoisotopic (exact) mass is 364 g/mol. The van der Waals surface area contributed by atoms with E-state index in [1.165, 1.54) is 0 Å². The van der Waals surface area contributed by atoms with Crippen molar-refractivity contribution in [2.75, 3.05) is 18.9 Å². The van der Waals surface area contributed by atoms with Gasteiger partial charge in [-0.05, 0) is 44.2 Å². The van der Waals surface area contributed by atoms with Crippen LogP contribution in [0.5, 0.6) is 11.5 Å². The molecule has 0 aromatic heterocycles. The SMILES string of the molecule is C=CCNC(=O)Nc1ccc2c(c1)C(N(C)C(C)C)=Nc1ccccc1O2. The van der Waals surface area contributed by atoms with Crippen LogP contribution in [0.3, 0.4) is 0 Å². The molecule has 2 amide bonds. The second-order valence-corrected chi connectivity index (χ2v) is 6.54. The van der Waals surface area contributed by atoms with Gasteiger partial charge in [-0.3, -0.25) is 0 Å². The van der Waals surface area contributed by atoms with Gasteiger partial charge in [0.05, 0.1) is 5.56 Å². The number of para-hydroxylation sites is 2. The van der Waals surface area contributed by atoms with E-state index in [9.17, 15) is 4.79 Å². The van der Waals surface area contributed by atoms with Gasteiger partial charge in [0, 0.05) is 25.3 Å². The van der Waals surface area contributed by atoms with Crippen LogP contribution >= 0.6 is 0 Å². The van der Waals surface area contributed by atoms with Crippen LogP contribution in [0.15, 0.2) is 60.1 Å². The molecular formula is C21H24N4O2. The number of fused-ring (bicyclic) bond motifs is 2. The molecule has 3 rings (SSSR count). The minimum absolute atomic E-state index is 0.245. The molecule has 27 heavy (non-hydrogen) atoms. The number of ether oxygens (including phenoxy) is 1. The van der Waals surface area contributed by atoms with Gasteiger partial charge in [0.15, 0.2) is 5.75 Å². The number of carbonyl (C=O) groups excluding carboxylic acids is 1. The van der Waals surface area contributed by atoms with Crippen LogP contribution < -0.4 is 15.4 Å². The summed E-state index contributed by atoms with van der Waals surface area (Å²) in [5.41, 5.74) is 2.26. The maximum atomic E-state index is 12.0. The van der Waals surface area contributed by atoms with Gasteiger partial charge in [0.1, 0.15) is 17.3 Å². The Morgan fingerprint density at radius 3 is 2.78 bits per heavy atom. The Bertz CT molecular complexity index is 890. The third-order valence-corrected chi connectivity index (χ3v) is 4.31. The van der Waals surface area contributed by atoms with Crippen LogP contribution in [0.2, 0.25) is 0 Å². The van der Waals surface area contributed by atoms with E-state index in [2.05, 4.69) is 36.0 Å². The second kappa shape index (κ2) is 7.95. The van der Waals surface area contributed by atoms with E-state index in [4.69, 9.17) is 9.73 Å². The zero-order chi connectivity index (χ0) is 19.4. The smallest absolute Gasteiger partial charge is 0.319 e. The third kappa shape index (κ3) is 4.11. The lowest BCUT2D eigenvalue weighted by atomic mass is 10.1. The van der Waals surface area contributed by atoms with E-state index < -0.39 is 0 Å². The Kier molecular flexibility index (Phi) is 5.45. The fourth-order valence-electron chi connectivity index (χ4n) is 2.65. The fraction of sp³-hybridized carbons (Fsp3) is 0.238. The molecule has 0 saturated heterocycles. The van der Waals surface area contributed by atoms with Crippen LogP contribution in [0.25, 0.3) is 0 Å². The van der Waals surface area contributed by atoms with E-state index in [0.717, 1.165) is 17.1 Å². The first-order valence-electron chi connectivity index (χ1n) is 8.88. The molecule has 0 unspecified atom stereocenters. The highest BCUT2D eigenvalue weighted by Gasteiger charge is 2.22. The number of rotatable bonds is 4. The van der Waals surface area contributed by atoms with Crippen LogP contribution in [-0.4, -0.2) is 36.4 Å². The van der Waals surface area contributed by atoms with E-state index in [1.807, 2.05) is 49.5 Å². The number of aliphatic imine (C=N–C) groups is 1. The lowest BCUT2D eigenvalue weighted by Crippen LogP contribution is -2.34. The molecule has 6 heteroatoms. The van der Waals surface area contributed by atoms with Gasteiger partial charge in [-0.25, -0.2) is 9.79 Å². The summed E-state index contributed by atoms with van der Waals surface area (Å²) in [6, 6.07) is 13.2. The number of hydrogen-bond donors (Lipinski definition) is 2. The van der Waals surface area contributed by atoms with Crippen LogP contribution in [-0.2, 0) is 0 Å². The van der Waals surface area contributed by atoms with E-state index in [0.29, 0.717) is 23.7 Å². The summed E-state index contributed by atoms with van der Waals surface area (Å²) in [7, 11) is 2.00. The van der Waals surface area contributed by atoms with Gasteiger partial charge in [0.2, 0.25) is 0 Å². The van der Waals surface area contributed by atoms with Crippen LogP contribution in [0.4, 0.5) is 16.2 Å². The predicted octanol–water partition coefficient (Wildman–Crippen LogP) is 4.52. The molecule has 0 radical (unpaired) electrons. The van der Waals surface area contributed by atoms with Crippen molar-refractivity contribution in [1.82, 2.24) is 10.2 Å². The molecule has 1 heterocycles.